The highest BCUT2D eigenvalue weighted by Gasteiger charge is 2.39. The molecule has 1 saturated heterocycles. The zero-order valence-electron chi connectivity index (χ0n) is 18.7. The van der Waals surface area contributed by atoms with Crippen LogP contribution in [0.4, 0.5) is 0 Å². The highest BCUT2D eigenvalue weighted by Crippen LogP contribution is 2.29. The van der Waals surface area contributed by atoms with Crippen LogP contribution < -0.4 is 5.32 Å². The Morgan fingerprint density at radius 3 is 2.62 bits per heavy atom. The molecule has 4 rings (SSSR count). The van der Waals surface area contributed by atoms with Gasteiger partial charge >= 0.3 is 0 Å². The molecule has 1 fully saturated rings. The number of hydrogen-bond acceptors (Lipinski definition) is 6. The van der Waals surface area contributed by atoms with Gasteiger partial charge in [0.05, 0.1) is 11.5 Å². The van der Waals surface area contributed by atoms with Crippen LogP contribution in [-0.4, -0.2) is 43.7 Å². The third kappa shape index (κ3) is 5.03. The minimum Gasteiger partial charge on any atom is -0.322 e. The van der Waals surface area contributed by atoms with Crippen molar-refractivity contribution in [3.05, 3.63) is 64.7 Å². The van der Waals surface area contributed by atoms with Gasteiger partial charge in [-0.15, -0.1) is 0 Å². The van der Waals surface area contributed by atoms with Crippen molar-refractivity contribution in [1.82, 2.24) is 10.2 Å². The minimum absolute atomic E-state index is 0.0135. The number of amides is 3. The van der Waals surface area contributed by atoms with E-state index in [1.54, 1.807) is 24.3 Å². The first-order chi connectivity index (χ1) is 16.3. The van der Waals surface area contributed by atoms with Crippen LogP contribution in [0, 0.1) is 18.8 Å². The van der Waals surface area contributed by atoms with Crippen LogP contribution in [-0.2, 0) is 30.4 Å². The first-order valence-electron chi connectivity index (χ1n) is 11.0. The number of carbonyl (C=O) groups is 3. The molecule has 0 bridgehead atoms. The summed E-state index contributed by atoms with van der Waals surface area (Å²) in [6.45, 7) is 2.14. The van der Waals surface area contributed by atoms with E-state index in [4.69, 9.17) is 4.18 Å². The Morgan fingerprint density at radius 1 is 1.12 bits per heavy atom. The summed E-state index contributed by atoms with van der Waals surface area (Å²) in [6.07, 6.45) is 1.34. The van der Waals surface area contributed by atoms with Crippen LogP contribution >= 0.6 is 0 Å². The van der Waals surface area contributed by atoms with E-state index in [-0.39, 0.29) is 36.3 Å². The molecule has 2 aromatic carbocycles. The lowest BCUT2D eigenvalue weighted by Crippen LogP contribution is -2.52. The van der Waals surface area contributed by atoms with Crippen LogP contribution in [0.2, 0.25) is 0 Å². The predicted octanol–water partition coefficient (Wildman–Crippen LogP) is 2.29. The van der Waals surface area contributed by atoms with Crippen molar-refractivity contribution in [2.24, 2.45) is 0 Å². The standard InChI is InChI=1S/C25H24N2O6S/c1-17-9-11-19(12-10-17)34(31,32)33-15-4-2-3-6-18-7-5-8-20-21(18)16-27(25(20)30)22-13-14-23(28)26-24(22)29/h5,7-12,22H,2,4,13-16H2,1H3,(H,26,28,29). The number of piperidine rings is 1. The van der Waals surface area contributed by atoms with Gasteiger partial charge in [0, 0.05) is 30.5 Å². The summed E-state index contributed by atoms with van der Waals surface area (Å²) in [4.78, 5) is 38.1. The van der Waals surface area contributed by atoms with Crippen LogP contribution in [0.5, 0.6) is 0 Å². The first kappa shape index (κ1) is 23.7. The molecule has 9 heteroatoms. The van der Waals surface area contributed by atoms with Gasteiger partial charge in [-0.1, -0.05) is 35.6 Å². The van der Waals surface area contributed by atoms with E-state index >= 15 is 0 Å². The fraction of sp³-hybridized carbons (Fsp3) is 0.320. The van der Waals surface area contributed by atoms with Crippen LogP contribution in [0.3, 0.4) is 0 Å². The van der Waals surface area contributed by atoms with E-state index in [1.165, 1.54) is 17.0 Å². The van der Waals surface area contributed by atoms with Crippen molar-refractivity contribution in [3.63, 3.8) is 0 Å². The second-order valence-corrected chi connectivity index (χ2v) is 9.84. The average molecular weight is 481 g/mol. The van der Waals surface area contributed by atoms with E-state index in [0.29, 0.717) is 30.4 Å². The number of nitrogens with one attached hydrogen (secondary N) is 1. The second kappa shape index (κ2) is 9.79. The lowest BCUT2D eigenvalue weighted by Gasteiger charge is -2.29. The smallest absolute Gasteiger partial charge is 0.296 e. The van der Waals surface area contributed by atoms with Crippen LogP contribution in [0.25, 0.3) is 0 Å². The maximum Gasteiger partial charge on any atom is 0.296 e. The molecule has 2 aromatic rings. The molecular weight excluding hydrogens is 456 g/mol. The summed E-state index contributed by atoms with van der Waals surface area (Å²) in [5, 5.41) is 2.29. The molecule has 2 heterocycles. The van der Waals surface area contributed by atoms with Gasteiger partial charge in [0.15, 0.2) is 0 Å². The molecule has 0 saturated carbocycles. The van der Waals surface area contributed by atoms with Crippen molar-refractivity contribution in [1.29, 1.82) is 0 Å². The Kier molecular flexibility index (Phi) is 6.82. The van der Waals surface area contributed by atoms with E-state index in [2.05, 4.69) is 17.2 Å². The molecule has 2 aliphatic heterocycles. The number of unbranched alkanes of at least 4 members (excludes halogenated alkanes) is 1. The number of benzene rings is 2. The van der Waals surface area contributed by atoms with Crippen molar-refractivity contribution < 1.29 is 27.0 Å². The summed E-state index contributed by atoms with van der Waals surface area (Å²) in [7, 11) is -3.80. The zero-order valence-corrected chi connectivity index (χ0v) is 19.5. The fourth-order valence-corrected chi connectivity index (χ4v) is 4.91. The van der Waals surface area contributed by atoms with Gasteiger partial charge in [-0.2, -0.15) is 8.42 Å². The van der Waals surface area contributed by atoms with Crippen molar-refractivity contribution in [2.45, 2.75) is 50.1 Å². The van der Waals surface area contributed by atoms with Gasteiger partial charge in [0.25, 0.3) is 16.0 Å². The number of imide groups is 1. The third-order valence-electron chi connectivity index (χ3n) is 5.80. The maximum atomic E-state index is 12.9. The number of nitrogens with zero attached hydrogens (tertiary/aromatic N) is 1. The molecule has 34 heavy (non-hydrogen) atoms. The predicted molar refractivity (Wildman–Crippen MR) is 123 cm³/mol. The largest absolute Gasteiger partial charge is 0.322 e. The summed E-state index contributed by atoms with van der Waals surface area (Å²) in [5.74, 6) is 5.04. The van der Waals surface area contributed by atoms with Crippen LogP contribution in [0.15, 0.2) is 47.4 Å². The zero-order chi connectivity index (χ0) is 24.3. The molecule has 176 valence electrons. The lowest BCUT2D eigenvalue weighted by molar-refractivity contribution is -0.136. The molecule has 0 aromatic heterocycles. The SMILES string of the molecule is Cc1ccc(S(=O)(=O)OCCCC#Cc2cccc3c2CN(C2CCC(=O)NC2=O)C3=O)cc1. The number of carbonyl (C=O) groups excluding carboxylic acids is 3. The van der Waals surface area contributed by atoms with Crippen LogP contribution in [0.1, 0.15) is 52.7 Å². The summed E-state index contributed by atoms with van der Waals surface area (Å²) < 4.78 is 29.5. The quantitative estimate of drug-likeness (QED) is 0.294. The molecular formula is C25H24N2O6S. The van der Waals surface area contributed by atoms with Crippen molar-refractivity contribution >= 4 is 27.8 Å². The van der Waals surface area contributed by atoms with Gasteiger partial charge in [-0.05, 0) is 49.6 Å². The summed E-state index contributed by atoms with van der Waals surface area (Å²) in [5.41, 5.74) is 2.91. The fourth-order valence-electron chi connectivity index (χ4n) is 3.96. The maximum absolute atomic E-state index is 12.9. The summed E-state index contributed by atoms with van der Waals surface area (Å²) >= 11 is 0. The van der Waals surface area contributed by atoms with E-state index in [1.807, 2.05) is 13.0 Å². The molecule has 3 amide bonds. The van der Waals surface area contributed by atoms with Gasteiger partial charge in [0.1, 0.15) is 6.04 Å². The first-order valence-corrected chi connectivity index (χ1v) is 12.4. The van der Waals surface area contributed by atoms with E-state index in [0.717, 1.165) is 11.1 Å². The second-order valence-electron chi connectivity index (χ2n) is 8.23. The molecule has 1 N–H and O–H groups in total. The Morgan fingerprint density at radius 2 is 1.88 bits per heavy atom. The molecule has 1 atom stereocenters. The topological polar surface area (TPSA) is 110 Å². The number of aryl methyl sites for hydroxylation is 1. The number of fused-ring (bicyclic) bond motifs is 1. The molecule has 8 nitrogen and oxygen atoms in total. The van der Waals surface area contributed by atoms with Gasteiger partial charge in [-0.25, -0.2) is 0 Å². The Bertz CT molecular complexity index is 1310. The number of rotatable bonds is 6. The van der Waals surface area contributed by atoms with Gasteiger partial charge in [-0.3, -0.25) is 23.9 Å². The molecule has 0 radical (unpaired) electrons. The van der Waals surface area contributed by atoms with E-state index in [9.17, 15) is 22.8 Å². The lowest BCUT2D eigenvalue weighted by atomic mass is 10.0. The summed E-state index contributed by atoms with van der Waals surface area (Å²) in [6, 6.07) is 11.0. The Balaban J connectivity index is 1.35. The van der Waals surface area contributed by atoms with Crippen molar-refractivity contribution in [3.8, 4) is 11.8 Å². The van der Waals surface area contributed by atoms with Crippen molar-refractivity contribution in [2.75, 3.05) is 6.61 Å². The molecule has 0 aliphatic carbocycles. The van der Waals surface area contributed by atoms with Gasteiger partial charge in [0.2, 0.25) is 11.8 Å². The average Bonchev–Trinajstić information content (AvgIpc) is 3.13. The minimum atomic E-state index is -3.80. The highest BCUT2D eigenvalue weighted by atomic mass is 32.2. The normalized spacial score (nSPS) is 17.7. The molecule has 2 aliphatic rings. The molecule has 0 spiro atoms. The molecule has 1 unspecified atom stereocenters. The van der Waals surface area contributed by atoms with Gasteiger partial charge < -0.3 is 4.90 Å². The number of hydrogen-bond donors (Lipinski definition) is 1. The highest BCUT2D eigenvalue weighted by molar-refractivity contribution is 7.86. The Labute approximate surface area is 198 Å². The van der Waals surface area contributed by atoms with E-state index < -0.39 is 22.1 Å². The monoisotopic (exact) mass is 480 g/mol. The third-order valence-corrected chi connectivity index (χ3v) is 7.13. The Hall–Kier alpha value is -3.48.